The summed E-state index contributed by atoms with van der Waals surface area (Å²) in [5, 5.41) is 0. The van der Waals surface area contributed by atoms with Gasteiger partial charge < -0.3 is 0 Å². The summed E-state index contributed by atoms with van der Waals surface area (Å²) in [5.74, 6) is 9.46. The average Bonchev–Trinajstić information content (AvgIpc) is 2.36. The van der Waals surface area contributed by atoms with Crippen LogP contribution in [0.3, 0.4) is 0 Å². The largest absolute Gasteiger partial charge is 0.179 e. The normalized spacial score (nSPS) is 12.0. The summed E-state index contributed by atoms with van der Waals surface area (Å²) in [6, 6.07) is 0. The maximum atomic E-state index is 4.29. The topological polar surface area (TPSA) is 0 Å². The van der Waals surface area contributed by atoms with Crippen LogP contribution in [0.5, 0.6) is 0 Å². The third kappa shape index (κ3) is 9.31. The van der Waals surface area contributed by atoms with Gasteiger partial charge in [0.1, 0.15) is 0 Å². The molecule has 5 heteroatoms. The molecule has 0 aromatic rings. The highest BCUT2D eigenvalue weighted by atomic mass is 32.2. The van der Waals surface area contributed by atoms with Gasteiger partial charge in [-0.3, -0.25) is 0 Å². The zero-order chi connectivity index (χ0) is 13.0. The molecule has 0 aliphatic heterocycles. The Morgan fingerprint density at radius 3 is 1.65 bits per heavy atom. The van der Waals surface area contributed by atoms with Gasteiger partial charge >= 0.3 is 0 Å². The van der Waals surface area contributed by atoms with Gasteiger partial charge in [0.25, 0.3) is 0 Å². The molecule has 0 rings (SSSR count). The molecule has 0 saturated carbocycles. The minimum atomic E-state index is 0.516. The number of hydrogen-bond acceptors (Lipinski definition) is 5. The van der Waals surface area contributed by atoms with Gasteiger partial charge in [-0.1, -0.05) is 13.8 Å². The first-order chi connectivity index (χ1) is 8.24. The van der Waals surface area contributed by atoms with Crippen molar-refractivity contribution in [2.24, 2.45) is 5.41 Å². The fourth-order valence-corrected chi connectivity index (χ4v) is 5.89. The van der Waals surface area contributed by atoms with E-state index in [1.165, 1.54) is 40.9 Å². The minimum Gasteiger partial charge on any atom is -0.179 e. The predicted octanol–water partition coefficient (Wildman–Crippen LogP) is 4.46. The van der Waals surface area contributed by atoms with E-state index in [0.29, 0.717) is 5.41 Å². The number of hydrogen-bond donors (Lipinski definition) is 2. The van der Waals surface area contributed by atoms with Gasteiger partial charge in [-0.15, -0.1) is 0 Å². The second-order valence-electron chi connectivity index (χ2n) is 4.04. The van der Waals surface area contributed by atoms with E-state index in [2.05, 4.69) is 74.4 Å². The molecule has 104 valence electrons. The fraction of sp³-hybridized carbons (Fsp3) is 1.00. The lowest BCUT2D eigenvalue weighted by molar-refractivity contribution is 0.428. The molecule has 0 spiro atoms. The summed E-state index contributed by atoms with van der Waals surface area (Å²) in [4.78, 5) is 0. The summed E-state index contributed by atoms with van der Waals surface area (Å²) in [6.45, 7) is 4.60. The van der Waals surface area contributed by atoms with E-state index in [0.717, 1.165) is 11.5 Å². The van der Waals surface area contributed by atoms with E-state index in [9.17, 15) is 0 Å². The van der Waals surface area contributed by atoms with Crippen molar-refractivity contribution in [2.75, 3.05) is 46.0 Å². The van der Waals surface area contributed by atoms with Gasteiger partial charge in [0.15, 0.2) is 0 Å². The zero-order valence-electron chi connectivity index (χ0n) is 11.0. The molecule has 0 fully saturated rings. The number of thioether (sulfide) groups is 3. The van der Waals surface area contributed by atoms with Crippen LogP contribution < -0.4 is 0 Å². The van der Waals surface area contributed by atoms with Crippen LogP contribution in [-0.2, 0) is 0 Å². The lowest BCUT2D eigenvalue weighted by Crippen LogP contribution is -2.30. The maximum Gasteiger partial charge on any atom is 0.00212 e. The predicted molar refractivity (Wildman–Crippen MR) is 98.1 cm³/mol. The molecule has 0 radical (unpaired) electrons. The van der Waals surface area contributed by atoms with Crippen molar-refractivity contribution in [1.82, 2.24) is 0 Å². The van der Waals surface area contributed by atoms with Crippen molar-refractivity contribution in [3.05, 3.63) is 0 Å². The fourth-order valence-electron chi connectivity index (χ4n) is 1.46. The minimum absolute atomic E-state index is 0.516. The molecule has 0 heterocycles. The Hall–Kier alpha value is 1.75. The Morgan fingerprint density at radius 2 is 1.29 bits per heavy atom. The highest BCUT2D eigenvalue weighted by molar-refractivity contribution is 8.01. The molecule has 0 unspecified atom stereocenters. The highest BCUT2D eigenvalue weighted by Crippen LogP contribution is 2.34. The highest BCUT2D eigenvalue weighted by Gasteiger charge is 2.27. The van der Waals surface area contributed by atoms with Crippen molar-refractivity contribution in [2.45, 2.75) is 20.3 Å². The quantitative estimate of drug-likeness (QED) is 0.401. The van der Waals surface area contributed by atoms with Crippen molar-refractivity contribution in [3.8, 4) is 0 Å². The van der Waals surface area contributed by atoms with Gasteiger partial charge in [-0.05, 0) is 29.1 Å². The number of rotatable bonds is 12. The number of thiol groups is 2. The van der Waals surface area contributed by atoms with Crippen LogP contribution in [0.1, 0.15) is 20.3 Å². The second kappa shape index (κ2) is 12.8. The van der Waals surface area contributed by atoms with E-state index in [1.807, 2.05) is 0 Å². The van der Waals surface area contributed by atoms with Gasteiger partial charge in [0, 0.05) is 28.8 Å². The molecule has 0 N–H and O–H groups in total. The van der Waals surface area contributed by atoms with Crippen LogP contribution in [0.25, 0.3) is 0 Å². The van der Waals surface area contributed by atoms with E-state index < -0.39 is 0 Å². The molecule has 0 saturated heterocycles. The molecule has 0 aromatic carbocycles. The van der Waals surface area contributed by atoms with Crippen LogP contribution in [0.15, 0.2) is 0 Å². The first-order valence-electron chi connectivity index (χ1n) is 6.19. The molecule has 0 aliphatic rings. The Kier molecular flexibility index (Phi) is 14.1. The maximum absolute atomic E-state index is 4.29. The molecule has 0 amide bonds. The molecule has 0 aliphatic carbocycles. The molecule has 0 atom stereocenters. The van der Waals surface area contributed by atoms with Crippen LogP contribution in [-0.4, -0.2) is 46.0 Å². The lowest BCUT2D eigenvalue weighted by Gasteiger charge is -2.32. The molecule has 17 heavy (non-hydrogen) atoms. The smallest absolute Gasteiger partial charge is 0.00212 e. The third-order valence-electron chi connectivity index (χ3n) is 2.65. The van der Waals surface area contributed by atoms with Crippen molar-refractivity contribution in [1.29, 1.82) is 0 Å². The summed E-state index contributed by atoms with van der Waals surface area (Å²) in [6.07, 6.45) is 1.29. The van der Waals surface area contributed by atoms with E-state index in [-0.39, 0.29) is 0 Å². The van der Waals surface area contributed by atoms with Gasteiger partial charge in [0.05, 0.1) is 0 Å². The molecule has 0 nitrogen and oxygen atoms in total. The summed E-state index contributed by atoms with van der Waals surface area (Å²) < 4.78 is 0. The van der Waals surface area contributed by atoms with Crippen molar-refractivity contribution >= 4 is 60.5 Å². The molecule has 0 bridgehead atoms. The molecule has 0 aromatic heterocycles. The Balaban J connectivity index is 4.17. The summed E-state index contributed by atoms with van der Waals surface area (Å²) >= 11 is 14.8. The van der Waals surface area contributed by atoms with Crippen molar-refractivity contribution < 1.29 is 0 Å². The molecular weight excluding hydrogens is 304 g/mol. The summed E-state index contributed by atoms with van der Waals surface area (Å²) in [7, 11) is 0. The second-order valence-corrected chi connectivity index (χ2v) is 8.42. The van der Waals surface area contributed by atoms with Gasteiger partial charge in [-0.2, -0.15) is 60.5 Å². The Labute approximate surface area is 131 Å². The SMILES string of the molecule is CCSCC(CC)(CSCCS)CSCCS. The van der Waals surface area contributed by atoms with E-state index in [4.69, 9.17) is 0 Å². The Morgan fingerprint density at radius 1 is 0.824 bits per heavy atom. The monoisotopic (exact) mass is 330 g/mol. The first kappa shape index (κ1) is 18.8. The van der Waals surface area contributed by atoms with Gasteiger partial charge in [-0.25, -0.2) is 0 Å². The van der Waals surface area contributed by atoms with Crippen LogP contribution in [0, 0.1) is 5.41 Å². The van der Waals surface area contributed by atoms with Crippen LogP contribution >= 0.6 is 60.5 Å². The Bertz CT molecular complexity index is 153. The van der Waals surface area contributed by atoms with Crippen LogP contribution in [0.2, 0.25) is 0 Å². The average molecular weight is 331 g/mol. The first-order valence-corrected chi connectivity index (χ1v) is 10.9. The zero-order valence-corrected chi connectivity index (χ0v) is 15.2. The standard InChI is InChI=1S/C12H26S5/c1-3-12(9-15-4-2,10-16-7-5-13)11-17-8-6-14/h13-14H,3-11H2,1-2H3. The van der Waals surface area contributed by atoms with Crippen molar-refractivity contribution in [3.63, 3.8) is 0 Å². The molecular formula is C12H26S5. The lowest BCUT2D eigenvalue weighted by atomic mass is 9.92. The van der Waals surface area contributed by atoms with E-state index >= 15 is 0 Å². The van der Waals surface area contributed by atoms with Gasteiger partial charge in [0.2, 0.25) is 0 Å². The van der Waals surface area contributed by atoms with E-state index in [1.54, 1.807) is 0 Å². The third-order valence-corrected chi connectivity index (χ3v) is 7.55. The van der Waals surface area contributed by atoms with Crippen LogP contribution in [0.4, 0.5) is 0 Å². The summed E-state index contributed by atoms with van der Waals surface area (Å²) in [5.41, 5.74) is 0.516.